The van der Waals surface area contributed by atoms with Crippen LogP contribution < -0.4 is 11.1 Å². The lowest BCUT2D eigenvalue weighted by atomic mass is 10.3. The summed E-state index contributed by atoms with van der Waals surface area (Å²) in [5, 5.41) is 7.23. The Morgan fingerprint density at radius 1 is 1.25 bits per heavy atom. The summed E-state index contributed by atoms with van der Waals surface area (Å²) in [6, 6.07) is 1.80. The molecule has 2 aromatic heterocycles. The van der Waals surface area contributed by atoms with E-state index < -0.39 is 0 Å². The Labute approximate surface area is 118 Å². The normalized spacial score (nSPS) is 10.9. The molecule has 2 aromatic rings. The largest absolute Gasteiger partial charge is 0.368 e. The van der Waals surface area contributed by atoms with Crippen molar-refractivity contribution in [1.82, 2.24) is 29.6 Å². The van der Waals surface area contributed by atoms with Crippen molar-refractivity contribution in [3.63, 3.8) is 0 Å². The summed E-state index contributed by atoms with van der Waals surface area (Å²) < 4.78 is 1.55. The molecule has 0 aromatic carbocycles. The number of nitrogens with one attached hydrogen (secondary N) is 1. The van der Waals surface area contributed by atoms with E-state index in [-0.39, 0.29) is 5.95 Å². The van der Waals surface area contributed by atoms with E-state index in [0.717, 1.165) is 25.9 Å². The third-order valence-electron chi connectivity index (χ3n) is 2.67. The molecule has 0 atom stereocenters. The van der Waals surface area contributed by atoms with Gasteiger partial charge in [0, 0.05) is 18.9 Å². The van der Waals surface area contributed by atoms with Gasteiger partial charge in [0.15, 0.2) is 0 Å². The van der Waals surface area contributed by atoms with Crippen molar-refractivity contribution in [3.05, 3.63) is 18.5 Å². The highest BCUT2D eigenvalue weighted by molar-refractivity contribution is 5.34. The van der Waals surface area contributed by atoms with Crippen LogP contribution in [0.2, 0.25) is 0 Å². The van der Waals surface area contributed by atoms with Gasteiger partial charge in [-0.05, 0) is 39.5 Å². The van der Waals surface area contributed by atoms with Crippen molar-refractivity contribution < 1.29 is 0 Å². The number of nitrogens with zero attached hydrogens (tertiary/aromatic N) is 6. The molecule has 2 rings (SSSR count). The van der Waals surface area contributed by atoms with Gasteiger partial charge in [0.05, 0.1) is 0 Å². The highest BCUT2D eigenvalue weighted by Crippen LogP contribution is 2.06. The van der Waals surface area contributed by atoms with Crippen LogP contribution in [-0.4, -0.2) is 56.8 Å². The molecule has 0 saturated carbocycles. The molecule has 0 aliphatic carbocycles. The summed E-state index contributed by atoms with van der Waals surface area (Å²) in [6.45, 7) is 1.87. The van der Waals surface area contributed by atoms with Crippen LogP contribution in [0, 0.1) is 0 Å². The predicted molar refractivity (Wildman–Crippen MR) is 77.6 cm³/mol. The van der Waals surface area contributed by atoms with Gasteiger partial charge in [-0.2, -0.15) is 20.1 Å². The second-order valence-corrected chi connectivity index (χ2v) is 4.71. The van der Waals surface area contributed by atoms with Crippen LogP contribution in [0.5, 0.6) is 0 Å². The van der Waals surface area contributed by atoms with E-state index in [0.29, 0.717) is 11.9 Å². The first kappa shape index (κ1) is 14.2. The van der Waals surface area contributed by atoms with E-state index in [1.54, 1.807) is 23.1 Å². The Bertz CT molecular complexity index is 522. The number of hydrogen-bond donors (Lipinski definition) is 2. The lowest BCUT2D eigenvalue weighted by Gasteiger charge is -2.10. The predicted octanol–water partition coefficient (Wildman–Crippen LogP) is 0.393. The summed E-state index contributed by atoms with van der Waals surface area (Å²) in [7, 11) is 4.13. The molecule has 3 N–H and O–H groups in total. The van der Waals surface area contributed by atoms with Crippen LogP contribution in [0.1, 0.15) is 12.8 Å². The summed E-state index contributed by atoms with van der Waals surface area (Å²) in [5.41, 5.74) is 5.69. The number of rotatable bonds is 7. The number of unbranched alkanes of at least 4 members (excludes halogenated alkanes) is 1. The first-order chi connectivity index (χ1) is 9.65. The van der Waals surface area contributed by atoms with E-state index in [1.165, 1.54) is 0 Å². The first-order valence-electron chi connectivity index (χ1n) is 6.55. The van der Waals surface area contributed by atoms with Gasteiger partial charge in [-0.15, -0.1) is 0 Å². The lowest BCUT2D eigenvalue weighted by molar-refractivity contribution is 0.396. The highest BCUT2D eigenvalue weighted by atomic mass is 15.4. The Morgan fingerprint density at radius 3 is 2.80 bits per heavy atom. The molecule has 0 spiro atoms. The Hall–Kier alpha value is -2.22. The van der Waals surface area contributed by atoms with Crippen molar-refractivity contribution in [1.29, 1.82) is 0 Å². The van der Waals surface area contributed by atoms with Crippen molar-refractivity contribution in [3.8, 4) is 5.95 Å². The van der Waals surface area contributed by atoms with Gasteiger partial charge in [0.1, 0.15) is 0 Å². The molecule has 0 aliphatic heterocycles. The Balaban J connectivity index is 1.92. The fraction of sp³-hybridized carbons (Fsp3) is 0.500. The average molecular weight is 276 g/mol. The fourth-order valence-corrected chi connectivity index (χ4v) is 1.70. The molecule has 0 radical (unpaired) electrons. The second-order valence-electron chi connectivity index (χ2n) is 4.71. The van der Waals surface area contributed by atoms with Gasteiger partial charge in [-0.1, -0.05) is 0 Å². The smallest absolute Gasteiger partial charge is 0.257 e. The highest BCUT2D eigenvalue weighted by Gasteiger charge is 2.05. The van der Waals surface area contributed by atoms with Crippen LogP contribution in [0.25, 0.3) is 5.95 Å². The van der Waals surface area contributed by atoms with Crippen LogP contribution in [0.4, 0.5) is 11.9 Å². The van der Waals surface area contributed by atoms with E-state index in [9.17, 15) is 0 Å². The Morgan fingerprint density at radius 2 is 2.10 bits per heavy atom. The number of nitrogens with two attached hydrogens (primary N) is 1. The molecule has 20 heavy (non-hydrogen) atoms. The molecular formula is C12H20N8. The number of anilines is 2. The quantitative estimate of drug-likeness (QED) is 0.706. The van der Waals surface area contributed by atoms with E-state index in [1.807, 2.05) is 0 Å². The van der Waals surface area contributed by atoms with Crippen molar-refractivity contribution >= 4 is 11.9 Å². The van der Waals surface area contributed by atoms with Gasteiger partial charge in [0.2, 0.25) is 11.9 Å². The van der Waals surface area contributed by atoms with Crippen LogP contribution in [0.15, 0.2) is 18.5 Å². The minimum absolute atomic E-state index is 0.182. The molecule has 0 amide bonds. The van der Waals surface area contributed by atoms with Gasteiger partial charge in [-0.25, -0.2) is 4.68 Å². The number of hydrogen-bond acceptors (Lipinski definition) is 7. The summed E-state index contributed by atoms with van der Waals surface area (Å²) in [6.07, 6.45) is 5.58. The Kier molecular flexibility index (Phi) is 4.83. The fourth-order valence-electron chi connectivity index (χ4n) is 1.70. The third kappa shape index (κ3) is 4.16. The zero-order chi connectivity index (χ0) is 14.4. The van der Waals surface area contributed by atoms with Gasteiger partial charge in [0.25, 0.3) is 5.95 Å². The average Bonchev–Trinajstić information content (AvgIpc) is 2.91. The van der Waals surface area contributed by atoms with E-state index >= 15 is 0 Å². The molecule has 0 bridgehead atoms. The van der Waals surface area contributed by atoms with Crippen LogP contribution in [-0.2, 0) is 0 Å². The maximum Gasteiger partial charge on any atom is 0.257 e. The SMILES string of the molecule is CN(C)CCCCNc1nc(N)nc(-n2cccn2)n1. The standard InChI is InChI=1S/C12H20N8/c1-19(2)8-4-3-6-14-11-16-10(13)17-12(18-11)20-9-5-7-15-20/h5,7,9H,3-4,6,8H2,1-2H3,(H3,13,14,16,17,18). The first-order valence-corrected chi connectivity index (χ1v) is 6.55. The molecule has 0 unspecified atom stereocenters. The van der Waals surface area contributed by atoms with E-state index in [4.69, 9.17) is 5.73 Å². The molecule has 8 nitrogen and oxygen atoms in total. The molecule has 8 heteroatoms. The summed E-state index contributed by atoms with van der Waals surface area (Å²) >= 11 is 0. The lowest BCUT2D eigenvalue weighted by Crippen LogP contribution is -2.15. The third-order valence-corrected chi connectivity index (χ3v) is 2.67. The number of nitrogen functional groups attached to an aromatic ring is 1. The van der Waals surface area contributed by atoms with Gasteiger partial charge < -0.3 is 16.0 Å². The minimum atomic E-state index is 0.182. The zero-order valence-electron chi connectivity index (χ0n) is 11.8. The van der Waals surface area contributed by atoms with Crippen molar-refractivity contribution in [2.24, 2.45) is 0 Å². The van der Waals surface area contributed by atoms with Gasteiger partial charge in [-0.3, -0.25) is 0 Å². The number of aromatic nitrogens is 5. The minimum Gasteiger partial charge on any atom is -0.368 e. The second kappa shape index (κ2) is 6.80. The maximum absolute atomic E-state index is 5.69. The topological polar surface area (TPSA) is 97.8 Å². The summed E-state index contributed by atoms with van der Waals surface area (Å²) in [4.78, 5) is 14.6. The van der Waals surface area contributed by atoms with E-state index in [2.05, 4.69) is 44.4 Å². The molecule has 108 valence electrons. The van der Waals surface area contributed by atoms with Crippen LogP contribution in [0.3, 0.4) is 0 Å². The molecule has 2 heterocycles. The van der Waals surface area contributed by atoms with Gasteiger partial charge >= 0.3 is 0 Å². The maximum atomic E-state index is 5.69. The zero-order valence-corrected chi connectivity index (χ0v) is 11.8. The molecule has 0 aliphatic rings. The van der Waals surface area contributed by atoms with Crippen LogP contribution >= 0.6 is 0 Å². The van der Waals surface area contributed by atoms with Crippen molar-refractivity contribution in [2.75, 3.05) is 38.2 Å². The molecular weight excluding hydrogens is 256 g/mol. The summed E-state index contributed by atoms with van der Waals surface area (Å²) in [5.74, 6) is 1.08. The molecule has 0 saturated heterocycles. The van der Waals surface area contributed by atoms with Crippen molar-refractivity contribution in [2.45, 2.75) is 12.8 Å². The monoisotopic (exact) mass is 276 g/mol. The molecule has 0 fully saturated rings.